The number of ketones is 1. The molecule has 3 amide bonds. The normalized spacial score (nSPS) is 21.2. The van der Waals surface area contributed by atoms with Gasteiger partial charge in [-0.2, -0.15) is 0 Å². The molecule has 0 aromatic heterocycles. The fourth-order valence-corrected chi connectivity index (χ4v) is 3.63. The van der Waals surface area contributed by atoms with Crippen LogP contribution in [0.3, 0.4) is 0 Å². The highest BCUT2D eigenvalue weighted by molar-refractivity contribution is 6.05. The topological polar surface area (TPSA) is 110 Å². The number of likely N-dealkylation sites (tertiary alicyclic amines) is 1. The monoisotopic (exact) mass is 412 g/mol. The third-order valence-corrected chi connectivity index (χ3v) is 5.37. The maximum Gasteiger partial charge on any atom is 0.308 e. The first-order chi connectivity index (χ1) is 14.3. The summed E-state index contributed by atoms with van der Waals surface area (Å²) in [5, 5.41) is 2.61. The molecule has 3 atom stereocenters. The fourth-order valence-electron chi connectivity index (χ4n) is 3.63. The maximum absolute atomic E-state index is 12.4. The molecule has 0 saturated carbocycles. The lowest BCUT2D eigenvalue weighted by molar-refractivity contribution is -0.154. The number of Topliss-reactive ketones (excluding diaryl/α,β-unsaturated/α-hetero) is 1. The second-order valence-electron chi connectivity index (χ2n) is 7.49. The molecule has 1 N–H and O–H groups in total. The lowest BCUT2D eigenvalue weighted by Crippen LogP contribution is -2.35. The van der Waals surface area contributed by atoms with Gasteiger partial charge in [-0.25, -0.2) is 0 Å². The van der Waals surface area contributed by atoms with E-state index in [-0.39, 0.29) is 42.4 Å². The number of ether oxygens (including phenoxy) is 1. The van der Waals surface area contributed by atoms with Crippen LogP contribution >= 0.6 is 0 Å². The molecule has 1 fully saturated rings. The lowest BCUT2D eigenvalue weighted by Gasteiger charge is -2.16. The Balaban J connectivity index is 1.47. The van der Waals surface area contributed by atoms with Crippen LogP contribution in [0.4, 0.5) is 5.69 Å². The largest absolute Gasteiger partial charge is 0.452 e. The third-order valence-electron chi connectivity index (χ3n) is 5.37. The Morgan fingerprint density at radius 3 is 2.17 bits per heavy atom. The number of nitrogens with zero attached hydrogens (tertiary/aromatic N) is 1. The molecule has 2 aliphatic rings. The number of nitrogens with one attached hydrogen (secondary N) is 1. The number of allylic oxidation sites excluding steroid dienone is 2. The predicted octanol–water partition coefficient (Wildman–Crippen LogP) is 2.10. The average molecular weight is 412 g/mol. The van der Waals surface area contributed by atoms with Crippen molar-refractivity contribution in [1.82, 2.24) is 4.90 Å². The maximum atomic E-state index is 12.4. The van der Waals surface area contributed by atoms with Gasteiger partial charge < -0.3 is 10.1 Å². The molecule has 30 heavy (non-hydrogen) atoms. The summed E-state index contributed by atoms with van der Waals surface area (Å²) in [7, 11) is 0. The van der Waals surface area contributed by atoms with Crippen LogP contribution in [0.25, 0.3) is 0 Å². The average Bonchev–Trinajstić information content (AvgIpc) is 2.97. The molecule has 1 aromatic carbocycles. The number of benzene rings is 1. The summed E-state index contributed by atoms with van der Waals surface area (Å²) in [5.74, 6) is -2.44. The minimum atomic E-state index is -1.05. The summed E-state index contributed by atoms with van der Waals surface area (Å²) in [6, 6.07) is 6.35. The predicted molar refractivity (Wildman–Crippen MR) is 107 cm³/mol. The van der Waals surface area contributed by atoms with Crippen molar-refractivity contribution in [3.8, 4) is 0 Å². The molecule has 158 valence electrons. The Kier molecular flexibility index (Phi) is 6.44. The second kappa shape index (κ2) is 9.02. The van der Waals surface area contributed by atoms with Crippen LogP contribution in [0.15, 0.2) is 36.4 Å². The zero-order valence-electron chi connectivity index (χ0n) is 16.9. The van der Waals surface area contributed by atoms with Crippen LogP contribution < -0.4 is 5.32 Å². The molecule has 1 aliphatic heterocycles. The second-order valence-corrected chi connectivity index (χ2v) is 7.49. The van der Waals surface area contributed by atoms with Gasteiger partial charge >= 0.3 is 5.97 Å². The Morgan fingerprint density at radius 1 is 1.07 bits per heavy atom. The van der Waals surface area contributed by atoms with Crippen LogP contribution in [0.5, 0.6) is 0 Å². The standard InChI is InChI=1S/C22H24N2O6/c1-13(25)15-7-9-16(10-8-15)23-20(27)14(2)30-19(26)11-12-24-21(28)17-5-3-4-6-18(17)22(24)29/h3-4,7-10,14,17-18H,5-6,11-12H2,1-2H3,(H,23,27)/t14-,17-,18+/m1/s1. The van der Waals surface area contributed by atoms with Crippen molar-refractivity contribution in [2.45, 2.75) is 39.2 Å². The number of anilines is 1. The van der Waals surface area contributed by atoms with Crippen LogP contribution in [0, 0.1) is 11.8 Å². The molecule has 8 nitrogen and oxygen atoms in total. The zero-order valence-corrected chi connectivity index (χ0v) is 16.9. The van der Waals surface area contributed by atoms with Gasteiger partial charge in [0.05, 0.1) is 18.3 Å². The number of hydrogen-bond acceptors (Lipinski definition) is 6. The Bertz CT molecular complexity index is 879. The van der Waals surface area contributed by atoms with Gasteiger partial charge in [-0.05, 0) is 51.0 Å². The number of hydrogen-bond donors (Lipinski definition) is 1. The Labute approximate surface area is 174 Å². The molecular weight excluding hydrogens is 388 g/mol. The first kappa shape index (κ1) is 21.4. The van der Waals surface area contributed by atoms with Gasteiger partial charge in [0.15, 0.2) is 11.9 Å². The molecule has 0 bridgehead atoms. The SMILES string of the molecule is CC(=O)c1ccc(NC(=O)[C@@H](C)OC(=O)CCN2C(=O)[C@H]3CC=CC[C@H]3C2=O)cc1. The lowest BCUT2D eigenvalue weighted by atomic mass is 9.85. The number of carbonyl (C=O) groups excluding carboxylic acids is 5. The summed E-state index contributed by atoms with van der Waals surface area (Å²) in [6.07, 6.45) is 3.66. The van der Waals surface area contributed by atoms with Gasteiger partial charge in [-0.15, -0.1) is 0 Å². The summed E-state index contributed by atoms with van der Waals surface area (Å²) in [6.45, 7) is 2.83. The van der Waals surface area contributed by atoms with E-state index in [1.165, 1.54) is 13.8 Å². The minimum Gasteiger partial charge on any atom is -0.452 e. The van der Waals surface area contributed by atoms with Crippen LogP contribution in [0.2, 0.25) is 0 Å². The van der Waals surface area contributed by atoms with E-state index < -0.39 is 18.0 Å². The fraction of sp³-hybridized carbons (Fsp3) is 0.409. The van der Waals surface area contributed by atoms with E-state index >= 15 is 0 Å². The van der Waals surface area contributed by atoms with Crippen molar-refractivity contribution in [2.75, 3.05) is 11.9 Å². The summed E-state index contributed by atoms with van der Waals surface area (Å²) in [5.41, 5.74) is 0.992. The van der Waals surface area contributed by atoms with E-state index in [1.54, 1.807) is 24.3 Å². The van der Waals surface area contributed by atoms with Gasteiger partial charge in [0.2, 0.25) is 11.8 Å². The first-order valence-electron chi connectivity index (χ1n) is 9.89. The van der Waals surface area contributed by atoms with E-state index in [9.17, 15) is 24.0 Å². The third kappa shape index (κ3) is 4.64. The molecule has 0 unspecified atom stereocenters. The van der Waals surface area contributed by atoms with Crippen LogP contribution in [0.1, 0.15) is 43.5 Å². The molecule has 1 aromatic rings. The van der Waals surface area contributed by atoms with Gasteiger partial charge in [-0.1, -0.05) is 12.2 Å². The van der Waals surface area contributed by atoms with Gasteiger partial charge in [-0.3, -0.25) is 28.9 Å². The number of fused-ring (bicyclic) bond motifs is 1. The van der Waals surface area contributed by atoms with E-state index in [1.807, 2.05) is 12.2 Å². The molecule has 1 saturated heterocycles. The molecule has 0 spiro atoms. The number of esters is 1. The van der Waals surface area contributed by atoms with Crippen molar-refractivity contribution >= 4 is 35.2 Å². The van der Waals surface area contributed by atoms with Crippen molar-refractivity contribution in [1.29, 1.82) is 0 Å². The molecule has 1 heterocycles. The van der Waals surface area contributed by atoms with E-state index in [0.29, 0.717) is 24.1 Å². The van der Waals surface area contributed by atoms with Gasteiger partial charge in [0, 0.05) is 17.8 Å². The molecule has 3 rings (SSSR count). The number of imide groups is 1. The van der Waals surface area contributed by atoms with Gasteiger partial charge in [0.1, 0.15) is 0 Å². The van der Waals surface area contributed by atoms with Crippen molar-refractivity contribution in [3.05, 3.63) is 42.0 Å². The molecule has 1 aliphatic carbocycles. The molecule has 0 radical (unpaired) electrons. The Hall–Kier alpha value is -3.29. The highest BCUT2D eigenvalue weighted by Gasteiger charge is 2.47. The zero-order chi connectivity index (χ0) is 21.8. The minimum absolute atomic E-state index is 0.0512. The van der Waals surface area contributed by atoms with Crippen molar-refractivity contribution in [3.63, 3.8) is 0 Å². The van der Waals surface area contributed by atoms with Gasteiger partial charge in [0.25, 0.3) is 5.91 Å². The number of amides is 3. The van der Waals surface area contributed by atoms with Crippen LogP contribution in [-0.4, -0.2) is 47.0 Å². The molecular formula is C22H24N2O6. The molecule has 8 heteroatoms. The van der Waals surface area contributed by atoms with Crippen LogP contribution in [-0.2, 0) is 23.9 Å². The van der Waals surface area contributed by atoms with E-state index in [4.69, 9.17) is 4.74 Å². The number of rotatable bonds is 7. The highest BCUT2D eigenvalue weighted by atomic mass is 16.5. The summed E-state index contributed by atoms with van der Waals surface area (Å²) >= 11 is 0. The van der Waals surface area contributed by atoms with E-state index in [0.717, 1.165) is 4.90 Å². The van der Waals surface area contributed by atoms with E-state index in [2.05, 4.69) is 5.32 Å². The number of carbonyl (C=O) groups is 5. The smallest absolute Gasteiger partial charge is 0.308 e. The summed E-state index contributed by atoms with van der Waals surface area (Å²) < 4.78 is 5.13. The quantitative estimate of drug-likeness (QED) is 0.318. The summed E-state index contributed by atoms with van der Waals surface area (Å²) in [4.78, 5) is 61.5. The van der Waals surface area contributed by atoms with Crippen molar-refractivity contribution < 1.29 is 28.7 Å². The Morgan fingerprint density at radius 2 is 1.63 bits per heavy atom. The highest BCUT2D eigenvalue weighted by Crippen LogP contribution is 2.35. The van der Waals surface area contributed by atoms with Crippen molar-refractivity contribution in [2.24, 2.45) is 11.8 Å². The first-order valence-corrected chi connectivity index (χ1v) is 9.89.